The molecule has 23 heavy (non-hydrogen) atoms. The number of aromatic nitrogens is 1. The van der Waals surface area contributed by atoms with Gasteiger partial charge in [-0.1, -0.05) is 0 Å². The third-order valence-corrected chi connectivity index (χ3v) is 4.10. The maximum absolute atomic E-state index is 12.1. The molecule has 1 aromatic carbocycles. The molecule has 0 unspecified atom stereocenters. The highest BCUT2D eigenvalue weighted by Gasteiger charge is 2.17. The van der Waals surface area contributed by atoms with Crippen LogP contribution < -0.4 is 16.0 Å². The molecule has 6 nitrogen and oxygen atoms in total. The molecule has 4 N–H and O–H groups in total. The fraction of sp³-hybridized carbons (Fsp3) is 0.294. The number of nitrogens with one attached hydrogen (secondary N) is 2. The molecule has 0 saturated carbocycles. The van der Waals surface area contributed by atoms with Crippen LogP contribution in [0, 0.1) is 0 Å². The third kappa shape index (κ3) is 3.36. The second-order valence-electron chi connectivity index (χ2n) is 5.70. The number of anilines is 2. The first-order valence-corrected chi connectivity index (χ1v) is 7.78. The number of carbonyl (C=O) groups excluding carboxylic acids is 2. The largest absolute Gasteiger partial charge is 0.372 e. The van der Waals surface area contributed by atoms with Crippen molar-refractivity contribution in [2.75, 3.05) is 23.3 Å². The number of nitrogens with two attached hydrogens (primary N) is 1. The van der Waals surface area contributed by atoms with Gasteiger partial charge in [0.25, 0.3) is 11.8 Å². The molecule has 1 fully saturated rings. The van der Waals surface area contributed by atoms with E-state index in [0.717, 1.165) is 31.6 Å². The van der Waals surface area contributed by atoms with Crippen LogP contribution >= 0.6 is 0 Å². The summed E-state index contributed by atoms with van der Waals surface area (Å²) in [6.45, 7) is 1.96. The van der Waals surface area contributed by atoms with E-state index in [1.165, 1.54) is 6.42 Å². The van der Waals surface area contributed by atoms with Gasteiger partial charge in [-0.15, -0.1) is 0 Å². The smallest absolute Gasteiger partial charge is 0.257 e. The zero-order valence-corrected chi connectivity index (χ0v) is 12.8. The first-order valence-electron chi connectivity index (χ1n) is 7.78. The molecular formula is C17H20N4O2. The molecule has 0 atom stereocenters. The van der Waals surface area contributed by atoms with Crippen LogP contribution in [0.3, 0.4) is 0 Å². The summed E-state index contributed by atoms with van der Waals surface area (Å²) in [6, 6.07) is 7.10. The molecule has 0 radical (unpaired) electrons. The van der Waals surface area contributed by atoms with Gasteiger partial charge >= 0.3 is 0 Å². The van der Waals surface area contributed by atoms with Gasteiger partial charge in [0.05, 0.1) is 16.8 Å². The van der Waals surface area contributed by atoms with Crippen LogP contribution in [0.25, 0.3) is 0 Å². The van der Waals surface area contributed by atoms with E-state index in [-0.39, 0.29) is 5.91 Å². The Morgan fingerprint density at radius 2 is 1.91 bits per heavy atom. The van der Waals surface area contributed by atoms with Crippen LogP contribution in [-0.2, 0) is 0 Å². The summed E-state index contributed by atoms with van der Waals surface area (Å²) in [5.74, 6) is -0.826. The van der Waals surface area contributed by atoms with Crippen molar-refractivity contribution in [1.29, 1.82) is 0 Å². The lowest BCUT2D eigenvalue weighted by atomic mass is 10.1. The van der Waals surface area contributed by atoms with Crippen LogP contribution in [0.4, 0.5) is 11.4 Å². The molecule has 6 heteroatoms. The molecule has 2 aromatic rings. The summed E-state index contributed by atoms with van der Waals surface area (Å²) in [4.78, 5) is 29.0. The van der Waals surface area contributed by atoms with E-state index >= 15 is 0 Å². The number of piperidine rings is 1. The average molecular weight is 312 g/mol. The van der Waals surface area contributed by atoms with E-state index in [1.54, 1.807) is 30.6 Å². The number of carbonyl (C=O) groups is 2. The maximum Gasteiger partial charge on any atom is 0.257 e. The highest BCUT2D eigenvalue weighted by Crippen LogP contribution is 2.26. The van der Waals surface area contributed by atoms with Gasteiger partial charge in [-0.25, -0.2) is 0 Å². The van der Waals surface area contributed by atoms with Crippen molar-refractivity contribution in [3.8, 4) is 0 Å². The zero-order chi connectivity index (χ0) is 16.2. The number of aromatic amines is 1. The van der Waals surface area contributed by atoms with Gasteiger partial charge in [0.1, 0.15) is 0 Å². The van der Waals surface area contributed by atoms with E-state index in [1.807, 2.05) is 6.07 Å². The van der Waals surface area contributed by atoms with Gasteiger partial charge in [0.15, 0.2) is 0 Å². The Hall–Kier alpha value is -2.76. The number of hydrogen-bond donors (Lipinski definition) is 3. The summed E-state index contributed by atoms with van der Waals surface area (Å²) >= 11 is 0. The molecule has 3 rings (SSSR count). The van der Waals surface area contributed by atoms with Gasteiger partial charge in [-0.3, -0.25) is 9.59 Å². The minimum absolute atomic E-state index is 0.278. The summed E-state index contributed by atoms with van der Waals surface area (Å²) < 4.78 is 0. The average Bonchev–Trinajstić information content (AvgIpc) is 3.10. The molecule has 0 aliphatic carbocycles. The Morgan fingerprint density at radius 1 is 1.13 bits per heavy atom. The molecule has 1 saturated heterocycles. The molecule has 0 spiro atoms. The Morgan fingerprint density at radius 3 is 2.57 bits per heavy atom. The van der Waals surface area contributed by atoms with Gasteiger partial charge in [-0.2, -0.15) is 0 Å². The molecule has 1 aromatic heterocycles. The summed E-state index contributed by atoms with van der Waals surface area (Å²) in [7, 11) is 0. The number of hydrogen-bond acceptors (Lipinski definition) is 3. The van der Waals surface area contributed by atoms with Crippen LogP contribution in [0.15, 0.2) is 36.7 Å². The van der Waals surface area contributed by atoms with Crippen molar-refractivity contribution in [2.45, 2.75) is 19.3 Å². The lowest BCUT2D eigenvalue weighted by Gasteiger charge is -2.29. The van der Waals surface area contributed by atoms with E-state index in [0.29, 0.717) is 16.8 Å². The molecular weight excluding hydrogens is 292 g/mol. The van der Waals surface area contributed by atoms with Gasteiger partial charge < -0.3 is 20.9 Å². The molecule has 1 aliphatic heterocycles. The van der Waals surface area contributed by atoms with Crippen LogP contribution in [-0.4, -0.2) is 29.9 Å². The number of benzene rings is 1. The van der Waals surface area contributed by atoms with Crippen molar-refractivity contribution < 1.29 is 9.59 Å². The SMILES string of the molecule is NC(=O)c1cc(N2CCCCC2)ccc1NC(=O)c1cc[nH]c1. The first kappa shape index (κ1) is 15.1. The Kier molecular flexibility index (Phi) is 4.32. The van der Waals surface area contributed by atoms with Crippen molar-refractivity contribution in [2.24, 2.45) is 5.73 Å². The second-order valence-corrected chi connectivity index (χ2v) is 5.70. The topological polar surface area (TPSA) is 91.2 Å². The number of nitrogens with zero attached hydrogens (tertiary/aromatic N) is 1. The van der Waals surface area contributed by atoms with E-state index < -0.39 is 5.91 Å². The number of H-pyrrole nitrogens is 1. The number of rotatable bonds is 4. The van der Waals surface area contributed by atoms with E-state index in [2.05, 4.69) is 15.2 Å². The minimum Gasteiger partial charge on any atom is -0.372 e. The fourth-order valence-electron chi connectivity index (χ4n) is 2.85. The minimum atomic E-state index is -0.548. The summed E-state index contributed by atoms with van der Waals surface area (Å²) in [5, 5.41) is 2.75. The highest BCUT2D eigenvalue weighted by atomic mass is 16.2. The quantitative estimate of drug-likeness (QED) is 0.809. The maximum atomic E-state index is 12.1. The normalized spacial score (nSPS) is 14.5. The van der Waals surface area contributed by atoms with Crippen LogP contribution in [0.1, 0.15) is 40.0 Å². The summed E-state index contributed by atoms with van der Waals surface area (Å²) in [6.07, 6.45) is 6.81. The first-order chi connectivity index (χ1) is 11.1. The predicted octanol–water partition coefficient (Wildman–Crippen LogP) is 2.36. The predicted molar refractivity (Wildman–Crippen MR) is 89.8 cm³/mol. The molecule has 2 amide bonds. The Balaban J connectivity index is 1.85. The van der Waals surface area contributed by atoms with Gasteiger partial charge in [0, 0.05) is 31.2 Å². The standard InChI is InChI=1S/C17H20N4O2/c18-16(22)14-10-13(21-8-2-1-3-9-21)4-5-15(14)20-17(23)12-6-7-19-11-12/h4-7,10-11,19H,1-3,8-9H2,(H2,18,22)(H,20,23). The number of primary amides is 1. The van der Waals surface area contributed by atoms with Crippen LogP contribution in [0.2, 0.25) is 0 Å². The van der Waals surface area contributed by atoms with Gasteiger partial charge in [0.2, 0.25) is 0 Å². The van der Waals surface area contributed by atoms with Crippen molar-refractivity contribution in [3.63, 3.8) is 0 Å². The number of amides is 2. The Bertz CT molecular complexity index is 703. The van der Waals surface area contributed by atoms with E-state index in [4.69, 9.17) is 5.73 Å². The van der Waals surface area contributed by atoms with E-state index in [9.17, 15) is 9.59 Å². The highest BCUT2D eigenvalue weighted by molar-refractivity contribution is 6.09. The molecule has 120 valence electrons. The van der Waals surface area contributed by atoms with Crippen molar-refractivity contribution in [1.82, 2.24) is 4.98 Å². The molecule has 1 aliphatic rings. The molecule has 0 bridgehead atoms. The monoisotopic (exact) mass is 312 g/mol. The van der Waals surface area contributed by atoms with Crippen molar-refractivity contribution >= 4 is 23.2 Å². The summed E-state index contributed by atoms with van der Waals surface area (Å²) in [5.41, 5.74) is 7.73. The van der Waals surface area contributed by atoms with Crippen LogP contribution in [0.5, 0.6) is 0 Å². The third-order valence-electron chi connectivity index (χ3n) is 4.10. The lowest BCUT2D eigenvalue weighted by molar-refractivity contribution is 0.100. The Labute approximate surface area is 134 Å². The lowest BCUT2D eigenvalue weighted by Crippen LogP contribution is -2.29. The molecule has 2 heterocycles. The fourth-order valence-corrected chi connectivity index (χ4v) is 2.85. The van der Waals surface area contributed by atoms with Gasteiger partial charge in [-0.05, 0) is 43.5 Å². The van der Waals surface area contributed by atoms with Crippen molar-refractivity contribution in [3.05, 3.63) is 47.8 Å². The zero-order valence-electron chi connectivity index (χ0n) is 12.8. The second kappa shape index (κ2) is 6.56.